The standard InChI is InChI=1S/C16H22O5/c1-3-4-10(17)5-6-13(18)20-14-11-7-9-8-12(11)15(19)21-16(9,14)2/h9,11-12,14H,3-8H2,1-2H3. The van der Waals surface area contributed by atoms with Crippen molar-refractivity contribution in [3.8, 4) is 0 Å². The van der Waals surface area contributed by atoms with Crippen LogP contribution < -0.4 is 0 Å². The minimum Gasteiger partial charge on any atom is -0.458 e. The van der Waals surface area contributed by atoms with Crippen LogP contribution in [0, 0.1) is 17.8 Å². The van der Waals surface area contributed by atoms with Crippen molar-refractivity contribution < 1.29 is 23.9 Å². The van der Waals surface area contributed by atoms with Crippen molar-refractivity contribution in [1.29, 1.82) is 0 Å². The van der Waals surface area contributed by atoms with Crippen LogP contribution in [-0.4, -0.2) is 29.4 Å². The monoisotopic (exact) mass is 294 g/mol. The van der Waals surface area contributed by atoms with Gasteiger partial charge in [0.1, 0.15) is 17.5 Å². The molecule has 4 fully saturated rings. The molecule has 0 amide bonds. The minimum atomic E-state index is -0.653. The molecule has 0 aromatic heterocycles. The molecule has 0 aromatic rings. The minimum absolute atomic E-state index is 0.0987. The van der Waals surface area contributed by atoms with E-state index in [0.29, 0.717) is 12.3 Å². The Hall–Kier alpha value is -1.39. The van der Waals surface area contributed by atoms with Crippen LogP contribution >= 0.6 is 0 Å². The average molecular weight is 294 g/mol. The van der Waals surface area contributed by atoms with E-state index in [9.17, 15) is 14.4 Å². The summed E-state index contributed by atoms with van der Waals surface area (Å²) in [6.07, 6.45) is 3.12. The second-order valence-electron chi connectivity index (χ2n) is 6.74. The van der Waals surface area contributed by atoms with Gasteiger partial charge < -0.3 is 9.47 Å². The quantitative estimate of drug-likeness (QED) is 0.701. The number of ether oxygens (including phenoxy) is 2. The molecule has 0 spiro atoms. The number of Topliss-reactive ketones (excluding diaryl/α,β-unsaturated/α-hetero) is 1. The molecule has 0 radical (unpaired) electrons. The molecule has 2 aliphatic heterocycles. The predicted octanol–water partition coefficient (Wildman–Crippen LogP) is 2.02. The van der Waals surface area contributed by atoms with E-state index < -0.39 is 5.60 Å². The van der Waals surface area contributed by atoms with Crippen LogP contribution in [0.2, 0.25) is 0 Å². The number of rotatable bonds is 6. The molecule has 116 valence electrons. The number of esters is 2. The summed E-state index contributed by atoms with van der Waals surface area (Å²) < 4.78 is 11.1. The van der Waals surface area contributed by atoms with E-state index in [1.165, 1.54) is 0 Å². The van der Waals surface area contributed by atoms with Crippen LogP contribution in [0.25, 0.3) is 0 Å². The molecular weight excluding hydrogens is 272 g/mol. The summed E-state index contributed by atoms with van der Waals surface area (Å²) in [6, 6.07) is 0. The molecule has 2 heterocycles. The number of hydrogen-bond donors (Lipinski definition) is 0. The molecule has 4 aliphatic rings. The van der Waals surface area contributed by atoms with Gasteiger partial charge in [0, 0.05) is 24.7 Å². The maximum atomic E-state index is 12.0. The molecule has 5 atom stereocenters. The van der Waals surface area contributed by atoms with Gasteiger partial charge >= 0.3 is 11.9 Å². The molecule has 0 N–H and O–H groups in total. The van der Waals surface area contributed by atoms with Gasteiger partial charge in [0.2, 0.25) is 0 Å². The topological polar surface area (TPSA) is 69.7 Å². The Balaban J connectivity index is 1.58. The lowest BCUT2D eigenvalue weighted by Gasteiger charge is -2.47. The van der Waals surface area contributed by atoms with Crippen molar-refractivity contribution in [1.82, 2.24) is 0 Å². The van der Waals surface area contributed by atoms with Gasteiger partial charge in [0.25, 0.3) is 0 Å². The largest absolute Gasteiger partial charge is 0.458 e. The molecule has 0 aromatic carbocycles. The first-order valence-electron chi connectivity index (χ1n) is 7.89. The fourth-order valence-electron chi connectivity index (χ4n) is 4.29. The van der Waals surface area contributed by atoms with Crippen molar-refractivity contribution in [3.63, 3.8) is 0 Å². The smallest absolute Gasteiger partial charge is 0.310 e. The summed E-state index contributed by atoms with van der Waals surface area (Å²) in [4.78, 5) is 35.2. The Labute approximate surface area is 124 Å². The lowest BCUT2D eigenvalue weighted by Crippen LogP contribution is -2.59. The molecular formula is C16H22O5. The molecule has 2 saturated heterocycles. The second-order valence-corrected chi connectivity index (χ2v) is 6.74. The Morgan fingerprint density at radius 1 is 1.29 bits per heavy atom. The van der Waals surface area contributed by atoms with Crippen LogP contribution in [0.3, 0.4) is 0 Å². The molecule has 4 bridgehead atoms. The van der Waals surface area contributed by atoms with E-state index in [2.05, 4.69) is 0 Å². The zero-order chi connectivity index (χ0) is 15.2. The fraction of sp³-hybridized carbons (Fsp3) is 0.812. The van der Waals surface area contributed by atoms with Crippen molar-refractivity contribution in [2.45, 2.75) is 64.1 Å². The Kier molecular flexibility index (Phi) is 3.54. The zero-order valence-corrected chi connectivity index (χ0v) is 12.6. The molecule has 5 unspecified atom stereocenters. The zero-order valence-electron chi connectivity index (χ0n) is 12.6. The summed E-state index contributed by atoms with van der Waals surface area (Å²) in [5.74, 6) is -0.0687. The van der Waals surface area contributed by atoms with Crippen molar-refractivity contribution in [2.24, 2.45) is 17.8 Å². The molecule has 5 nitrogen and oxygen atoms in total. The number of fused-ring (bicyclic) bond motifs is 1. The average Bonchev–Trinajstić information content (AvgIpc) is 2.93. The van der Waals surface area contributed by atoms with Crippen LogP contribution in [-0.2, 0) is 23.9 Å². The maximum absolute atomic E-state index is 12.0. The molecule has 2 saturated carbocycles. The first-order valence-corrected chi connectivity index (χ1v) is 7.89. The molecule has 5 heteroatoms. The van der Waals surface area contributed by atoms with Gasteiger partial charge in [-0.3, -0.25) is 14.4 Å². The van der Waals surface area contributed by atoms with Crippen LogP contribution in [0.4, 0.5) is 0 Å². The highest BCUT2D eigenvalue weighted by Crippen LogP contribution is 2.60. The summed E-state index contributed by atoms with van der Waals surface area (Å²) in [5.41, 5.74) is -0.653. The lowest BCUT2D eigenvalue weighted by molar-refractivity contribution is -0.221. The summed E-state index contributed by atoms with van der Waals surface area (Å²) >= 11 is 0. The number of ketones is 1. The SMILES string of the molecule is CCCC(=O)CCC(=O)OC1C2CC3CC2C(=O)OC31C. The van der Waals surface area contributed by atoms with Gasteiger partial charge in [-0.05, 0) is 26.2 Å². The first kappa shape index (κ1) is 14.5. The molecule has 21 heavy (non-hydrogen) atoms. The number of carbonyl (C=O) groups excluding carboxylic acids is 3. The first-order chi connectivity index (χ1) is 9.95. The maximum Gasteiger partial charge on any atom is 0.310 e. The Morgan fingerprint density at radius 3 is 2.71 bits per heavy atom. The summed E-state index contributed by atoms with van der Waals surface area (Å²) in [5, 5.41) is 0. The normalized spacial score (nSPS) is 39.4. The number of carbonyl (C=O) groups is 3. The second kappa shape index (κ2) is 5.11. The van der Waals surface area contributed by atoms with Crippen molar-refractivity contribution in [3.05, 3.63) is 0 Å². The molecule has 4 rings (SSSR count). The van der Waals surface area contributed by atoms with E-state index >= 15 is 0 Å². The van der Waals surface area contributed by atoms with Crippen LogP contribution in [0.5, 0.6) is 0 Å². The summed E-state index contributed by atoms with van der Waals surface area (Å²) in [6.45, 7) is 3.82. The van der Waals surface area contributed by atoms with Gasteiger partial charge in [-0.1, -0.05) is 6.92 Å². The van der Waals surface area contributed by atoms with Crippen LogP contribution in [0.15, 0.2) is 0 Å². The lowest BCUT2D eigenvalue weighted by atomic mass is 9.74. The van der Waals surface area contributed by atoms with Gasteiger partial charge in [0.15, 0.2) is 0 Å². The third-order valence-corrected chi connectivity index (χ3v) is 5.39. The van der Waals surface area contributed by atoms with Crippen LogP contribution in [0.1, 0.15) is 52.4 Å². The Morgan fingerprint density at radius 2 is 2.05 bits per heavy atom. The van der Waals surface area contributed by atoms with E-state index in [-0.39, 0.29) is 48.5 Å². The third-order valence-electron chi connectivity index (χ3n) is 5.39. The van der Waals surface area contributed by atoms with Crippen molar-refractivity contribution in [2.75, 3.05) is 0 Å². The van der Waals surface area contributed by atoms with E-state index in [1.807, 2.05) is 13.8 Å². The highest BCUT2D eigenvalue weighted by atomic mass is 16.6. The van der Waals surface area contributed by atoms with E-state index in [0.717, 1.165) is 19.3 Å². The van der Waals surface area contributed by atoms with E-state index in [1.54, 1.807) is 0 Å². The van der Waals surface area contributed by atoms with Gasteiger partial charge in [-0.2, -0.15) is 0 Å². The Bertz CT molecular complexity index is 485. The van der Waals surface area contributed by atoms with Gasteiger partial charge in [0.05, 0.1) is 12.3 Å². The third kappa shape index (κ3) is 2.27. The predicted molar refractivity (Wildman–Crippen MR) is 73.2 cm³/mol. The van der Waals surface area contributed by atoms with Gasteiger partial charge in [-0.15, -0.1) is 0 Å². The summed E-state index contributed by atoms with van der Waals surface area (Å²) in [7, 11) is 0. The highest BCUT2D eigenvalue weighted by Gasteiger charge is 2.69. The highest BCUT2D eigenvalue weighted by molar-refractivity contribution is 5.83. The van der Waals surface area contributed by atoms with E-state index in [4.69, 9.17) is 9.47 Å². The van der Waals surface area contributed by atoms with Gasteiger partial charge in [-0.25, -0.2) is 0 Å². The van der Waals surface area contributed by atoms with Crippen molar-refractivity contribution >= 4 is 17.7 Å². The fourth-order valence-corrected chi connectivity index (χ4v) is 4.29. The number of hydrogen-bond acceptors (Lipinski definition) is 5. The molecule has 2 aliphatic carbocycles.